The molecule has 0 atom stereocenters. The molecule has 0 spiro atoms. The predicted molar refractivity (Wildman–Crippen MR) is 88.0 cm³/mol. The van der Waals surface area contributed by atoms with Crippen LogP contribution in [-0.4, -0.2) is 11.0 Å². The number of carbonyl (C=O) groups excluding carboxylic acids is 1. The molecule has 0 unspecified atom stereocenters. The quantitative estimate of drug-likeness (QED) is 0.604. The van der Waals surface area contributed by atoms with Crippen LogP contribution >= 0.6 is 22.9 Å². The summed E-state index contributed by atoms with van der Waals surface area (Å²) in [6, 6.07) is 10.4. The highest BCUT2D eigenvalue weighted by atomic mass is 35.5. The normalized spacial score (nSPS) is 10.6. The Morgan fingerprint density at radius 3 is 2.54 bits per heavy atom. The average Bonchev–Trinajstić information content (AvgIpc) is 3.02. The average molecular weight is 366 g/mol. The number of hydrogen-bond donors (Lipinski definition) is 0. The summed E-state index contributed by atoms with van der Waals surface area (Å²) in [7, 11) is 0. The number of ether oxygens (including phenoxy) is 1. The molecule has 3 rings (SSSR count). The summed E-state index contributed by atoms with van der Waals surface area (Å²) >= 11 is 7.44. The van der Waals surface area contributed by atoms with Gasteiger partial charge < -0.3 is 4.74 Å². The van der Waals surface area contributed by atoms with E-state index in [1.165, 1.54) is 17.4 Å². The van der Waals surface area contributed by atoms with Crippen LogP contribution in [0, 0.1) is 11.6 Å². The third kappa shape index (κ3) is 3.44. The number of halogens is 3. The largest absolute Gasteiger partial charge is 0.455 e. The van der Waals surface area contributed by atoms with E-state index >= 15 is 0 Å². The molecule has 1 aromatic heterocycles. The Hall–Kier alpha value is -2.31. The Morgan fingerprint density at radius 2 is 1.83 bits per heavy atom. The highest BCUT2D eigenvalue weighted by molar-refractivity contribution is 7.13. The standard InChI is InChI=1S/C17H10ClF2NO2S/c18-12-5-2-1-4-11(12)16-21-10(9-24-16)8-23-17(22)15-13(19)6-3-7-14(15)20/h1-7,9H,8H2. The van der Waals surface area contributed by atoms with E-state index < -0.39 is 23.2 Å². The summed E-state index contributed by atoms with van der Waals surface area (Å²) < 4.78 is 32.0. The van der Waals surface area contributed by atoms with Gasteiger partial charge in [0.25, 0.3) is 0 Å². The molecule has 0 aliphatic heterocycles. The maximum atomic E-state index is 13.5. The van der Waals surface area contributed by atoms with Gasteiger partial charge in [0, 0.05) is 10.9 Å². The minimum atomic E-state index is -1.07. The number of carbonyl (C=O) groups is 1. The molecular formula is C17H10ClF2NO2S. The molecule has 0 aliphatic carbocycles. The summed E-state index contributed by atoms with van der Waals surface area (Å²) in [5, 5.41) is 2.93. The Balaban J connectivity index is 1.72. The van der Waals surface area contributed by atoms with E-state index in [9.17, 15) is 13.6 Å². The van der Waals surface area contributed by atoms with Gasteiger partial charge in [-0.3, -0.25) is 0 Å². The van der Waals surface area contributed by atoms with Gasteiger partial charge in [0.1, 0.15) is 28.8 Å². The summed E-state index contributed by atoms with van der Waals surface area (Å²) in [6.45, 7) is -0.187. The van der Waals surface area contributed by atoms with Gasteiger partial charge in [-0.2, -0.15) is 0 Å². The number of benzene rings is 2. The minimum Gasteiger partial charge on any atom is -0.455 e. The van der Waals surface area contributed by atoms with Crippen LogP contribution in [0.1, 0.15) is 16.1 Å². The lowest BCUT2D eigenvalue weighted by Gasteiger charge is -2.05. The van der Waals surface area contributed by atoms with E-state index in [2.05, 4.69) is 4.98 Å². The Labute approximate surface area is 145 Å². The van der Waals surface area contributed by atoms with Gasteiger partial charge in [-0.05, 0) is 18.2 Å². The predicted octanol–water partition coefficient (Wildman–Crippen LogP) is 5.10. The van der Waals surface area contributed by atoms with E-state index in [0.29, 0.717) is 15.7 Å². The first kappa shape index (κ1) is 16.5. The first-order valence-electron chi connectivity index (χ1n) is 6.86. The Morgan fingerprint density at radius 1 is 1.12 bits per heavy atom. The highest BCUT2D eigenvalue weighted by Gasteiger charge is 2.19. The molecule has 0 radical (unpaired) electrons. The molecule has 0 saturated carbocycles. The summed E-state index contributed by atoms with van der Waals surface area (Å²) in [4.78, 5) is 16.2. The van der Waals surface area contributed by atoms with E-state index in [1.54, 1.807) is 11.4 Å². The van der Waals surface area contributed by atoms with Gasteiger partial charge in [-0.1, -0.05) is 35.9 Å². The maximum Gasteiger partial charge on any atom is 0.344 e. The second-order valence-corrected chi connectivity index (χ2v) is 6.06. The highest BCUT2D eigenvalue weighted by Crippen LogP contribution is 2.30. The molecule has 0 N–H and O–H groups in total. The fraction of sp³-hybridized carbons (Fsp3) is 0.0588. The number of nitrogens with zero attached hydrogens (tertiary/aromatic N) is 1. The molecule has 24 heavy (non-hydrogen) atoms. The Kier molecular flexibility index (Phi) is 4.87. The first-order valence-corrected chi connectivity index (χ1v) is 8.12. The van der Waals surface area contributed by atoms with Gasteiger partial charge in [-0.15, -0.1) is 11.3 Å². The van der Waals surface area contributed by atoms with Crippen molar-refractivity contribution in [3.63, 3.8) is 0 Å². The second kappa shape index (κ2) is 7.07. The lowest BCUT2D eigenvalue weighted by molar-refractivity contribution is 0.0457. The van der Waals surface area contributed by atoms with Crippen molar-refractivity contribution in [2.45, 2.75) is 6.61 Å². The number of aromatic nitrogens is 1. The second-order valence-electron chi connectivity index (χ2n) is 4.80. The lowest BCUT2D eigenvalue weighted by atomic mass is 10.2. The zero-order valence-corrected chi connectivity index (χ0v) is 13.7. The van der Waals surface area contributed by atoms with Crippen molar-refractivity contribution in [2.24, 2.45) is 0 Å². The molecule has 2 aromatic carbocycles. The van der Waals surface area contributed by atoms with Crippen LogP contribution in [0.25, 0.3) is 10.6 Å². The van der Waals surface area contributed by atoms with E-state index in [1.807, 2.05) is 18.2 Å². The number of thiazole rings is 1. The van der Waals surface area contributed by atoms with Crippen molar-refractivity contribution in [2.75, 3.05) is 0 Å². The molecule has 122 valence electrons. The number of esters is 1. The molecule has 0 aliphatic rings. The molecule has 3 nitrogen and oxygen atoms in total. The third-order valence-corrected chi connectivity index (χ3v) is 4.43. The summed E-state index contributed by atoms with van der Waals surface area (Å²) in [5.41, 5.74) is 0.529. The molecule has 1 heterocycles. The number of hydrogen-bond acceptors (Lipinski definition) is 4. The fourth-order valence-electron chi connectivity index (χ4n) is 2.04. The van der Waals surface area contributed by atoms with Crippen molar-refractivity contribution in [1.82, 2.24) is 4.98 Å². The van der Waals surface area contributed by atoms with Crippen LogP contribution in [0.3, 0.4) is 0 Å². The van der Waals surface area contributed by atoms with E-state index in [0.717, 1.165) is 17.7 Å². The zero-order chi connectivity index (χ0) is 17.1. The van der Waals surface area contributed by atoms with Crippen LogP contribution < -0.4 is 0 Å². The maximum absolute atomic E-state index is 13.5. The van der Waals surface area contributed by atoms with Gasteiger partial charge in [0.05, 0.1) is 10.7 Å². The van der Waals surface area contributed by atoms with E-state index in [-0.39, 0.29) is 6.61 Å². The smallest absolute Gasteiger partial charge is 0.344 e. The minimum absolute atomic E-state index is 0.187. The van der Waals surface area contributed by atoms with E-state index in [4.69, 9.17) is 16.3 Å². The molecule has 0 saturated heterocycles. The molecule has 7 heteroatoms. The third-order valence-electron chi connectivity index (χ3n) is 3.17. The van der Waals surface area contributed by atoms with Crippen LogP contribution in [0.4, 0.5) is 8.78 Å². The van der Waals surface area contributed by atoms with Crippen LogP contribution in [0.15, 0.2) is 47.8 Å². The van der Waals surface area contributed by atoms with Crippen molar-refractivity contribution in [3.05, 3.63) is 75.8 Å². The molecule has 3 aromatic rings. The summed E-state index contributed by atoms with van der Waals surface area (Å²) in [5.74, 6) is -3.00. The van der Waals surface area contributed by atoms with Crippen LogP contribution in [0.2, 0.25) is 5.02 Å². The molecule has 0 bridgehead atoms. The first-order chi connectivity index (χ1) is 11.6. The molecule has 0 amide bonds. The van der Waals surface area contributed by atoms with Crippen molar-refractivity contribution in [3.8, 4) is 10.6 Å². The van der Waals surface area contributed by atoms with Crippen molar-refractivity contribution in [1.29, 1.82) is 0 Å². The lowest BCUT2D eigenvalue weighted by Crippen LogP contribution is -2.10. The molecular weight excluding hydrogens is 356 g/mol. The van der Waals surface area contributed by atoms with Gasteiger partial charge in [0.15, 0.2) is 0 Å². The number of rotatable bonds is 4. The van der Waals surface area contributed by atoms with Gasteiger partial charge >= 0.3 is 5.97 Å². The van der Waals surface area contributed by atoms with Gasteiger partial charge in [0.2, 0.25) is 0 Å². The van der Waals surface area contributed by atoms with Crippen molar-refractivity contribution >= 4 is 28.9 Å². The Bertz CT molecular complexity index is 878. The summed E-state index contributed by atoms with van der Waals surface area (Å²) in [6.07, 6.45) is 0. The zero-order valence-electron chi connectivity index (χ0n) is 12.1. The van der Waals surface area contributed by atoms with Crippen LogP contribution in [-0.2, 0) is 11.3 Å². The SMILES string of the molecule is O=C(OCc1csc(-c2ccccc2Cl)n1)c1c(F)cccc1F. The fourth-order valence-corrected chi connectivity index (χ4v) is 3.16. The van der Waals surface area contributed by atoms with Crippen LogP contribution in [0.5, 0.6) is 0 Å². The van der Waals surface area contributed by atoms with Crippen molar-refractivity contribution < 1.29 is 18.3 Å². The van der Waals surface area contributed by atoms with Gasteiger partial charge in [-0.25, -0.2) is 18.6 Å². The topological polar surface area (TPSA) is 39.2 Å². The monoisotopic (exact) mass is 365 g/mol. The molecule has 0 fully saturated rings.